The van der Waals surface area contributed by atoms with Crippen molar-refractivity contribution >= 4 is 11.4 Å². The van der Waals surface area contributed by atoms with E-state index >= 15 is 0 Å². The number of nitrogens with one attached hydrogen (secondary N) is 1. The number of para-hydroxylation sites is 1. The molecule has 0 heterocycles. The summed E-state index contributed by atoms with van der Waals surface area (Å²) in [6.07, 6.45) is -0.116. The largest absolute Gasteiger partial charge is 0.484 e. The molecule has 0 radical (unpaired) electrons. The molecule has 96 valence electrons. The fourth-order valence-electron chi connectivity index (χ4n) is 1.43. The van der Waals surface area contributed by atoms with Gasteiger partial charge in [-0.15, -0.1) is 5.92 Å². The summed E-state index contributed by atoms with van der Waals surface area (Å²) in [7, 11) is 0. The Morgan fingerprint density at radius 2 is 2.22 bits per heavy atom. The molecule has 0 saturated carbocycles. The highest BCUT2D eigenvalue weighted by Gasteiger charge is 2.21. The van der Waals surface area contributed by atoms with Gasteiger partial charge in [0, 0.05) is 0 Å². The van der Waals surface area contributed by atoms with Gasteiger partial charge in [-0.2, -0.15) is 0 Å². The fourth-order valence-corrected chi connectivity index (χ4v) is 1.43. The smallest absolute Gasteiger partial charge is 0.333 e. The van der Waals surface area contributed by atoms with Crippen molar-refractivity contribution in [2.24, 2.45) is 0 Å². The first kappa shape index (κ1) is 13.8. The predicted octanol–water partition coefficient (Wildman–Crippen LogP) is 2.82. The van der Waals surface area contributed by atoms with Crippen LogP contribution in [0, 0.1) is 22.0 Å². The number of nitrogens with zero attached hydrogens (tertiary/aromatic N) is 1. The molecule has 1 N–H and O–H groups in total. The van der Waals surface area contributed by atoms with Gasteiger partial charge < -0.3 is 10.1 Å². The van der Waals surface area contributed by atoms with Crippen LogP contribution in [0.3, 0.4) is 0 Å². The normalized spacial score (nSPS) is 9.56. The number of hydrogen-bond acceptors (Lipinski definition) is 4. The van der Waals surface area contributed by atoms with Crippen LogP contribution in [0.25, 0.3) is 0 Å². The Balaban J connectivity index is 3.07. The summed E-state index contributed by atoms with van der Waals surface area (Å²) in [6, 6.07) is 4.95. The Hall–Kier alpha value is -2.22. The molecule has 1 aromatic carbocycles. The van der Waals surface area contributed by atoms with Gasteiger partial charge >= 0.3 is 5.69 Å². The van der Waals surface area contributed by atoms with Crippen LogP contribution < -0.4 is 10.1 Å². The van der Waals surface area contributed by atoms with Crippen LogP contribution in [-0.4, -0.2) is 17.6 Å². The molecule has 0 amide bonds. The standard InChI is InChI=1S/C13H16N2O3/c1-4-5-9-14-11-7-6-8-12(18-10(2)3)13(11)15(16)17/h6-8,10,14H,9H2,1-3H3. The summed E-state index contributed by atoms with van der Waals surface area (Å²) in [6.45, 7) is 5.73. The molecule has 0 spiro atoms. The Bertz CT molecular complexity index is 487. The van der Waals surface area contributed by atoms with E-state index in [2.05, 4.69) is 17.2 Å². The van der Waals surface area contributed by atoms with E-state index in [0.29, 0.717) is 12.2 Å². The molecule has 5 nitrogen and oxygen atoms in total. The zero-order chi connectivity index (χ0) is 13.5. The van der Waals surface area contributed by atoms with Crippen molar-refractivity contribution < 1.29 is 9.66 Å². The number of anilines is 1. The van der Waals surface area contributed by atoms with Crippen molar-refractivity contribution in [3.63, 3.8) is 0 Å². The Morgan fingerprint density at radius 3 is 2.78 bits per heavy atom. The Kier molecular flexibility index (Phi) is 5.00. The molecular weight excluding hydrogens is 232 g/mol. The van der Waals surface area contributed by atoms with E-state index in [1.165, 1.54) is 0 Å². The van der Waals surface area contributed by atoms with Crippen LogP contribution in [0.4, 0.5) is 11.4 Å². The minimum atomic E-state index is -0.445. The average molecular weight is 248 g/mol. The lowest BCUT2D eigenvalue weighted by Crippen LogP contribution is -2.09. The maximum absolute atomic E-state index is 11.1. The average Bonchev–Trinajstić information content (AvgIpc) is 2.28. The first-order valence-electron chi connectivity index (χ1n) is 5.63. The van der Waals surface area contributed by atoms with Crippen molar-refractivity contribution in [2.75, 3.05) is 11.9 Å². The highest BCUT2D eigenvalue weighted by Crippen LogP contribution is 2.35. The van der Waals surface area contributed by atoms with Crippen molar-refractivity contribution in [3.8, 4) is 17.6 Å². The summed E-state index contributed by atoms with van der Waals surface area (Å²) in [5.41, 5.74) is 0.366. The second-order valence-electron chi connectivity index (χ2n) is 3.86. The maximum atomic E-state index is 11.1. The van der Waals surface area contributed by atoms with Crippen molar-refractivity contribution in [1.29, 1.82) is 0 Å². The third kappa shape index (κ3) is 3.67. The highest BCUT2D eigenvalue weighted by molar-refractivity contribution is 5.68. The minimum absolute atomic E-state index is 0.0518. The van der Waals surface area contributed by atoms with Crippen molar-refractivity contribution in [1.82, 2.24) is 0 Å². The van der Waals surface area contributed by atoms with E-state index in [1.807, 2.05) is 13.8 Å². The molecule has 0 fully saturated rings. The zero-order valence-electron chi connectivity index (χ0n) is 10.7. The third-order valence-electron chi connectivity index (χ3n) is 2.09. The quantitative estimate of drug-likeness (QED) is 0.494. The van der Waals surface area contributed by atoms with Crippen LogP contribution in [0.2, 0.25) is 0 Å². The van der Waals surface area contributed by atoms with Crippen LogP contribution in [0.15, 0.2) is 18.2 Å². The molecule has 0 bridgehead atoms. The molecule has 0 atom stereocenters. The SMILES string of the molecule is CC#CCNc1cccc(OC(C)C)c1[N+](=O)[O-]. The second kappa shape index (κ2) is 6.50. The van der Waals surface area contributed by atoms with Crippen LogP contribution in [0.5, 0.6) is 5.75 Å². The molecular formula is C13H16N2O3. The molecule has 1 aromatic rings. The van der Waals surface area contributed by atoms with Gasteiger partial charge in [-0.1, -0.05) is 12.0 Å². The lowest BCUT2D eigenvalue weighted by Gasteiger charge is -2.12. The van der Waals surface area contributed by atoms with Gasteiger partial charge in [0.25, 0.3) is 0 Å². The predicted molar refractivity (Wildman–Crippen MR) is 70.8 cm³/mol. The lowest BCUT2D eigenvalue weighted by molar-refractivity contribution is -0.385. The topological polar surface area (TPSA) is 64.4 Å². The number of benzene rings is 1. The summed E-state index contributed by atoms with van der Waals surface area (Å²) in [5.74, 6) is 5.79. The highest BCUT2D eigenvalue weighted by atomic mass is 16.6. The number of ether oxygens (including phenoxy) is 1. The van der Waals surface area contributed by atoms with Crippen molar-refractivity contribution in [2.45, 2.75) is 26.9 Å². The van der Waals surface area contributed by atoms with Gasteiger partial charge in [-0.05, 0) is 32.9 Å². The van der Waals surface area contributed by atoms with E-state index in [0.717, 1.165) is 0 Å². The first-order chi connectivity index (χ1) is 8.56. The maximum Gasteiger partial charge on any atom is 0.333 e. The summed E-state index contributed by atoms with van der Waals surface area (Å²) in [5, 5.41) is 14.0. The van der Waals surface area contributed by atoms with Gasteiger partial charge in [-0.3, -0.25) is 10.1 Å². The van der Waals surface area contributed by atoms with E-state index in [4.69, 9.17) is 4.74 Å². The molecule has 0 unspecified atom stereocenters. The number of nitro benzene ring substituents is 1. The molecule has 5 heteroatoms. The van der Waals surface area contributed by atoms with E-state index in [-0.39, 0.29) is 17.5 Å². The monoisotopic (exact) mass is 248 g/mol. The lowest BCUT2D eigenvalue weighted by atomic mass is 10.2. The third-order valence-corrected chi connectivity index (χ3v) is 2.09. The second-order valence-corrected chi connectivity index (χ2v) is 3.86. The summed E-state index contributed by atoms with van der Waals surface area (Å²) in [4.78, 5) is 10.7. The fraction of sp³-hybridized carbons (Fsp3) is 0.385. The molecule has 0 aliphatic heterocycles. The van der Waals surface area contributed by atoms with Crippen LogP contribution in [-0.2, 0) is 0 Å². The Labute approximate surface area is 106 Å². The molecule has 0 aliphatic rings. The van der Waals surface area contributed by atoms with E-state index < -0.39 is 4.92 Å². The summed E-state index contributed by atoms with van der Waals surface area (Å²) >= 11 is 0. The van der Waals surface area contributed by atoms with Gasteiger partial charge in [-0.25, -0.2) is 0 Å². The minimum Gasteiger partial charge on any atom is -0.484 e. The first-order valence-corrected chi connectivity index (χ1v) is 5.63. The van der Waals surface area contributed by atoms with Gasteiger partial charge in [0.2, 0.25) is 0 Å². The van der Waals surface area contributed by atoms with Gasteiger partial charge in [0.1, 0.15) is 5.69 Å². The number of hydrogen-bond donors (Lipinski definition) is 1. The van der Waals surface area contributed by atoms with Gasteiger partial charge in [0.05, 0.1) is 17.6 Å². The zero-order valence-corrected chi connectivity index (χ0v) is 10.7. The number of nitro groups is 1. The summed E-state index contributed by atoms with van der Waals surface area (Å²) < 4.78 is 5.44. The molecule has 0 aromatic heterocycles. The van der Waals surface area contributed by atoms with Gasteiger partial charge in [0.15, 0.2) is 5.75 Å². The van der Waals surface area contributed by atoms with Crippen molar-refractivity contribution in [3.05, 3.63) is 28.3 Å². The van der Waals surface area contributed by atoms with Crippen LogP contribution in [0.1, 0.15) is 20.8 Å². The van der Waals surface area contributed by atoms with Crippen LogP contribution >= 0.6 is 0 Å². The molecule has 18 heavy (non-hydrogen) atoms. The Morgan fingerprint density at radius 1 is 1.50 bits per heavy atom. The number of rotatable bonds is 5. The molecule has 0 aliphatic carbocycles. The van der Waals surface area contributed by atoms with E-state index in [1.54, 1.807) is 25.1 Å². The molecule has 0 saturated heterocycles. The molecule has 1 rings (SSSR count). The van der Waals surface area contributed by atoms with E-state index in [9.17, 15) is 10.1 Å².